The van der Waals surface area contributed by atoms with Gasteiger partial charge in [0, 0.05) is 96.9 Å². The summed E-state index contributed by atoms with van der Waals surface area (Å²) in [5, 5.41) is 0. The summed E-state index contributed by atoms with van der Waals surface area (Å²) >= 11 is 0. The first-order chi connectivity index (χ1) is 45.5. The lowest BCUT2D eigenvalue weighted by atomic mass is 10.1. The highest BCUT2D eigenvalue weighted by molar-refractivity contribution is 5.28. The predicted molar refractivity (Wildman–Crippen MR) is 393 cm³/mol. The Hall–Kier alpha value is -6.32. The predicted octanol–water partition coefficient (Wildman–Crippen LogP) is 20.3. The van der Waals surface area contributed by atoms with Gasteiger partial charge in [0.1, 0.15) is 46.6 Å². The number of aromatic nitrogens is 16. The third kappa shape index (κ3) is 28.9. The van der Waals surface area contributed by atoms with Crippen molar-refractivity contribution in [3.63, 3.8) is 0 Å². The van der Waals surface area contributed by atoms with Gasteiger partial charge in [-0.05, 0) is 108 Å². The SMILES string of the molecule is CCCCCCCCCc1nc(Cc2[nH]c(CCCCCCCCC)nc2CC)c(C)[nH]1.CCCCCCCCCc1nc(Cc2nc(CCCCCCCCC)[nH]c2C)c(C)[nH]1.CCc1nc(C)[nH]c1Cc1nc(C)[nH]c1C.Cc1nc(Cc2nc(C)[nH]c2C)c(C)[nH]1. The van der Waals surface area contributed by atoms with E-state index < -0.39 is 0 Å². The maximum absolute atomic E-state index is 4.94. The molecular weight excluding hydrogens is 1160 g/mol. The summed E-state index contributed by atoms with van der Waals surface area (Å²) in [6.07, 6.45) is 47.2. The van der Waals surface area contributed by atoms with Gasteiger partial charge in [-0.1, -0.05) is 196 Å². The number of hydrogen-bond donors (Lipinski definition) is 8. The highest BCUT2D eigenvalue weighted by Gasteiger charge is 2.17. The summed E-state index contributed by atoms with van der Waals surface area (Å²) < 4.78 is 0. The van der Waals surface area contributed by atoms with Crippen LogP contribution in [0.3, 0.4) is 0 Å². The molecule has 8 aromatic heterocycles. The zero-order valence-corrected chi connectivity index (χ0v) is 62.4. The topological polar surface area (TPSA) is 229 Å². The molecule has 0 aromatic carbocycles. The molecule has 0 aliphatic carbocycles. The molecule has 0 amide bonds. The fourth-order valence-electron chi connectivity index (χ4n) is 12.8. The maximum atomic E-state index is 4.94. The Kier molecular flexibility index (Phi) is 37.0. The van der Waals surface area contributed by atoms with Gasteiger partial charge in [-0.3, -0.25) is 0 Å². The molecule has 0 saturated heterocycles. The van der Waals surface area contributed by atoms with E-state index in [9.17, 15) is 0 Å². The molecule has 16 nitrogen and oxygen atoms in total. The molecule has 0 spiro atoms. The minimum absolute atomic E-state index is 0.798. The lowest BCUT2D eigenvalue weighted by Gasteiger charge is -2.00. The average Bonchev–Trinajstić information content (AvgIpc) is 1.77. The van der Waals surface area contributed by atoms with Crippen LogP contribution in [0.5, 0.6) is 0 Å². The minimum Gasteiger partial charge on any atom is -0.346 e. The van der Waals surface area contributed by atoms with E-state index >= 15 is 0 Å². The third-order valence-corrected chi connectivity index (χ3v) is 18.4. The van der Waals surface area contributed by atoms with Gasteiger partial charge in [0.25, 0.3) is 0 Å². The van der Waals surface area contributed by atoms with Gasteiger partial charge >= 0.3 is 0 Å². The summed E-state index contributed by atoms with van der Waals surface area (Å²) in [5.74, 6) is 8.52. The average molecular weight is 1290 g/mol. The van der Waals surface area contributed by atoms with Gasteiger partial charge in [-0.15, -0.1) is 0 Å². The molecule has 0 saturated carbocycles. The first-order valence-electron chi connectivity index (χ1n) is 37.8. The second-order valence-corrected chi connectivity index (χ2v) is 27.2. The fraction of sp³-hybridized carbons (Fsp3) is 0.692. The second-order valence-electron chi connectivity index (χ2n) is 27.2. The first kappa shape index (κ1) is 78.4. The molecule has 8 heterocycles. The maximum Gasteiger partial charge on any atom is 0.106 e. The van der Waals surface area contributed by atoms with Gasteiger partial charge in [-0.25, -0.2) is 39.9 Å². The molecule has 8 aromatic rings. The van der Waals surface area contributed by atoms with Crippen molar-refractivity contribution in [2.75, 3.05) is 0 Å². The van der Waals surface area contributed by atoms with E-state index in [1.165, 1.54) is 225 Å². The van der Waals surface area contributed by atoms with Crippen LogP contribution in [0.4, 0.5) is 0 Å². The molecule has 0 atom stereocenters. The number of H-pyrrole nitrogens is 8. The molecule has 94 heavy (non-hydrogen) atoms. The van der Waals surface area contributed by atoms with Crippen LogP contribution in [0.1, 0.15) is 359 Å². The van der Waals surface area contributed by atoms with E-state index in [0.29, 0.717) is 0 Å². The normalized spacial score (nSPS) is 11.3. The van der Waals surface area contributed by atoms with E-state index in [2.05, 4.69) is 129 Å². The Labute approximate surface area is 569 Å². The van der Waals surface area contributed by atoms with Crippen molar-refractivity contribution >= 4 is 0 Å². The van der Waals surface area contributed by atoms with Gasteiger partial charge in [-0.2, -0.15) is 0 Å². The Morgan fingerprint density at radius 1 is 0.202 bits per heavy atom. The van der Waals surface area contributed by atoms with Crippen molar-refractivity contribution in [1.29, 1.82) is 0 Å². The van der Waals surface area contributed by atoms with Crippen molar-refractivity contribution in [3.05, 3.63) is 138 Å². The van der Waals surface area contributed by atoms with Crippen molar-refractivity contribution in [1.82, 2.24) is 79.7 Å². The smallest absolute Gasteiger partial charge is 0.106 e. The number of rotatable bonds is 42. The molecule has 0 unspecified atom stereocenters. The largest absolute Gasteiger partial charge is 0.346 e. The van der Waals surface area contributed by atoms with Crippen LogP contribution in [0, 0.1) is 69.2 Å². The molecule has 524 valence electrons. The van der Waals surface area contributed by atoms with Gasteiger partial charge < -0.3 is 39.9 Å². The summed E-state index contributed by atoms with van der Waals surface area (Å²) in [4.78, 5) is 64.7. The van der Waals surface area contributed by atoms with Crippen LogP contribution in [-0.2, 0) is 64.2 Å². The Bertz CT molecular complexity index is 3160. The van der Waals surface area contributed by atoms with E-state index in [-0.39, 0.29) is 0 Å². The molecule has 0 radical (unpaired) electrons. The number of nitrogens with one attached hydrogen (secondary N) is 8. The van der Waals surface area contributed by atoms with Gasteiger partial charge in [0.15, 0.2) is 0 Å². The number of aromatic amines is 8. The molecule has 0 bridgehead atoms. The standard InChI is InChI=1S/C28H50N4.C27H48N4.C12H18N4.C11H16N4/c1-5-8-10-12-14-16-18-20-27-29-23(4)25(31-27)22-26-24(7-3)30-28(32-26)21-19-17-15-13-11-9-6-2;1-5-7-9-11-13-15-17-19-26-28-22(3)24(30-26)21-25-23(4)29-27(31-25)20-18-16-14-12-10-8-6-2;1-5-10-12(16-9(4)14-10)6-11-7(2)13-8(3)15-11;1-6-10(14-8(3)12-6)5-11-7(2)13-9(4)15-11/h5-22H2,1-4H3,(H,29,31)(H,30,32);5-21H2,1-4H3,(H,28,30)(H,29,31);5-6H2,1-4H3,(H,13,15)(H,14,16);5H2,1-4H3,(H,12,14)(H,13,15). The number of imidazole rings is 8. The van der Waals surface area contributed by atoms with Gasteiger partial charge in [0.2, 0.25) is 0 Å². The van der Waals surface area contributed by atoms with E-state index in [1.54, 1.807) is 0 Å². The zero-order chi connectivity index (χ0) is 68.0. The molecule has 16 heteroatoms. The van der Waals surface area contributed by atoms with Crippen LogP contribution in [0.15, 0.2) is 0 Å². The molecule has 0 aliphatic rings. The van der Waals surface area contributed by atoms with Crippen molar-refractivity contribution in [2.45, 2.75) is 355 Å². The van der Waals surface area contributed by atoms with Crippen LogP contribution in [0.25, 0.3) is 0 Å². The van der Waals surface area contributed by atoms with Crippen LogP contribution in [-0.4, -0.2) is 79.7 Å². The first-order valence-corrected chi connectivity index (χ1v) is 37.8. The second kappa shape index (κ2) is 44.4. The summed E-state index contributed by atoms with van der Waals surface area (Å²) in [6, 6.07) is 0. The lowest BCUT2D eigenvalue weighted by Crippen LogP contribution is -1.96. The summed E-state index contributed by atoms with van der Waals surface area (Å²) in [6.45, 7) is 34.0. The Balaban J connectivity index is 0.000000239. The van der Waals surface area contributed by atoms with Crippen LogP contribution >= 0.6 is 0 Å². The van der Waals surface area contributed by atoms with E-state index in [4.69, 9.17) is 19.9 Å². The number of unbranched alkanes of at least 4 members (excludes halogenated alkanes) is 24. The van der Waals surface area contributed by atoms with Crippen molar-refractivity contribution in [3.8, 4) is 0 Å². The highest BCUT2D eigenvalue weighted by atomic mass is 15.0. The molecule has 0 fully saturated rings. The summed E-state index contributed by atoms with van der Waals surface area (Å²) in [5.41, 5.74) is 18.6. The third-order valence-electron chi connectivity index (χ3n) is 18.4. The highest BCUT2D eigenvalue weighted by Crippen LogP contribution is 2.22. The monoisotopic (exact) mass is 1290 g/mol. The molecule has 0 aliphatic heterocycles. The molecular formula is C78H132N16. The number of nitrogens with zero attached hydrogens (tertiary/aromatic N) is 8. The van der Waals surface area contributed by atoms with E-state index in [0.717, 1.165) is 156 Å². The number of hydrogen-bond acceptors (Lipinski definition) is 8. The fourth-order valence-corrected chi connectivity index (χ4v) is 12.8. The van der Waals surface area contributed by atoms with Crippen molar-refractivity contribution < 1.29 is 0 Å². The van der Waals surface area contributed by atoms with Crippen LogP contribution in [0.2, 0.25) is 0 Å². The van der Waals surface area contributed by atoms with Crippen LogP contribution < -0.4 is 0 Å². The summed E-state index contributed by atoms with van der Waals surface area (Å²) in [7, 11) is 0. The Morgan fingerprint density at radius 3 is 0.713 bits per heavy atom. The zero-order valence-electron chi connectivity index (χ0n) is 62.4. The lowest BCUT2D eigenvalue weighted by molar-refractivity contribution is 0.585. The van der Waals surface area contributed by atoms with Crippen molar-refractivity contribution in [2.24, 2.45) is 0 Å². The number of aryl methyl sites for hydroxylation is 16. The van der Waals surface area contributed by atoms with E-state index in [1.807, 2.05) is 41.5 Å². The van der Waals surface area contributed by atoms with Gasteiger partial charge in [0.05, 0.1) is 45.6 Å². The Morgan fingerprint density at radius 2 is 0.415 bits per heavy atom. The minimum atomic E-state index is 0.798. The molecule has 8 N–H and O–H groups in total. The quantitative estimate of drug-likeness (QED) is 0.0171. The molecule has 8 rings (SSSR count).